The van der Waals surface area contributed by atoms with Crippen molar-refractivity contribution < 1.29 is 14.7 Å². The predicted octanol–water partition coefficient (Wildman–Crippen LogP) is 2.37. The van der Waals surface area contributed by atoms with Crippen LogP contribution in [0, 0.1) is 11.3 Å². The van der Waals surface area contributed by atoms with Gasteiger partial charge >= 0.3 is 5.97 Å². The van der Waals surface area contributed by atoms with E-state index in [1.807, 2.05) is 0 Å². The second kappa shape index (κ2) is 3.87. The van der Waals surface area contributed by atoms with Gasteiger partial charge in [0.1, 0.15) is 0 Å². The van der Waals surface area contributed by atoms with Gasteiger partial charge in [-0.05, 0) is 36.1 Å². The van der Waals surface area contributed by atoms with Crippen LogP contribution in [-0.4, -0.2) is 17.0 Å². The van der Waals surface area contributed by atoms with Gasteiger partial charge in [-0.2, -0.15) is 0 Å². The van der Waals surface area contributed by atoms with Crippen LogP contribution in [0.25, 0.3) is 0 Å². The van der Waals surface area contributed by atoms with E-state index < -0.39 is 5.97 Å². The van der Waals surface area contributed by atoms with E-state index in [2.05, 4.69) is 19.2 Å². The third-order valence-electron chi connectivity index (χ3n) is 3.23. The lowest BCUT2D eigenvalue weighted by atomic mass is 10.1. The van der Waals surface area contributed by atoms with Gasteiger partial charge in [0.15, 0.2) is 0 Å². The number of amides is 1. The first-order valence-corrected chi connectivity index (χ1v) is 5.54. The van der Waals surface area contributed by atoms with Crippen LogP contribution in [0.3, 0.4) is 0 Å². The van der Waals surface area contributed by atoms with Crippen molar-refractivity contribution >= 4 is 17.6 Å². The van der Waals surface area contributed by atoms with Gasteiger partial charge in [0.25, 0.3) is 0 Å². The largest absolute Gasteiger partial charge is 0.478 e. The second-order valence-corrected chi connectivity index (χ2v) is 5.12. The van der Waals surface area contributed by atoms with Crippen LogP contribution in [0.5, 0.6) is 0 Å². The molecule has 0 heterocycles. The van der Waals surface area contributed by atoms with E-state index in [9.17, 15) is 9.59 Å². The van der Waals surface area contributed by atoms with Crippen molar-refractivity contribution in [1.82, 2.24) is 0 Å². The first kappa shape index (κ1) is 11.6. The van der Waals surface area contributed by atoms with Crippen molar-refractivity contribution in [3.05, 3.63) is 29.8 Å². The predicted molar refractivity (Wildman–Crippen MR) is 63.9 cm³/mol. The zero-order valence-corrected chi connectivity index (χ0v) is 9.86. The molecular formula is C13H15NO3. The molecule has 1 saturated carbocycles. The highest BCUT2D eigenvalue weighted by molar-refractivity contribution is 5.95. The first-order chi connectivity index (χ1) is 7.90. The minimum absolute atomic E-state index is 0.0121. The monoisotopic (exact) mass is 233 g/mol. The molecule has 2 N–H and O–H groups in total. The van der Waals surface area contributed by atoms with Crippen molar-refractivity contribution in [2.75, 3.05) is 5.32 Å². The van der Waals surface area contributed by atoms with Crippen molar-refractivity contribution in [3.63, 3.8) is 0 Å². The lowest BCUT2D eigenvalue weighted by Gasteiger charge is -2.06. The molecule has 1 aliphatic rings. The second-order valence-electron chi connectivity index (χ2n) is 5.12. The lowest BCUT2D eigenvalue weighted by molar-refractivity contribution is -0.118. The molecule has 1 aliphatic carbocycles. The number of anilines is 1. The number of hydrogen-bond donors (Lipinski definition) is 2. The molecule has 17 heavy (non-hydrogen) atoms. The molecule has 0 saturated heterocycles. The molecule has 4 nitrogen and oxygen atoms in total. The molecule has 1 aromatic rings. The van der Waals surface area contributed by atoms with E-state index in [-0.39, 0.29) is 22.8 Å². The van der Waals surface area contributed by atoms with Gasteiger partial charge in [-0.15, -0.1) is 0 Å². The fourth-order valence-electron chi connectivity index (χ4n) is 1.84. The van der Waals surface area contributed by atoms with Crippen LogP contribution in [0.4, 0.5) is 5.69 Å². The van der Waals surface area contributed by atoms with Crippen LogP contribution in [0.2, 0.25) is 0 Å². The number of hydrogen-bond acceptors (Lipinski definition) is 2. The number of carboxylic acids is 1. The molecule has 1 unspecified atom stereocenters. The topological polar surface area (TPSA) is 66.4 Å². The molecule has 2 rings (SSSR count). The van der Waals surface area contributed by atoms with Crippen LogP contribution < -0.4 is 5.32 Å². The summed E-state index contributed by atoms with van der Waals surface area (Å²) in [6.45, 7) is 4.12. The Balaban J connectivity index is 2.00. The summed E-state index contributed by atoms with van der Waals surface area (Å²) >= 11 is 0. The maximum absolute atomic E-state index is 11.8. The highest BCUT2D eigenvalue weighted by Crippen LogP contribution is 2.51. The molecule has 90 valence electrons. The molecule has 4 heteroatoms. The van der Waals surface area contributed by atoms with Gasteiger partial charge in [0.2, 0.25) is 5.91 Å². The number of nitrogens with one attached hydrogen (secondary N) is 1. The summed E-state index contributed by atoms with van der Waals surface area (Å²) in [7, 11) is 0. The molecule has 0 aromatic heterocycles. The van der Waals surface area contributed by atoms with E-state index in [4.69, 9.17) is 5.11 Å². The van der Waals surface area contributed by atoms with Crippen molar-refractivity contribution in [2.24, 2.45) is 11.3 Å². The molecule has 0 bridgehead atoms. The average molecular weight is 233 g/mol. The standard InChI is InChI=1S/C13H15NO3/c1-13(2)7-10(13)11(15)14-9-5-3-8(4-6-9)12(16)17/h3-6,10H,7H2,1-2H3,(H,14,15)(H,16,17). The van der Waals surface area contributed by atoms with Crippen LogP contribution in [0.15, 0.2) is 24.3 Å². The van der Waals surface area contributed by atoms with Gasteiger partial charge in [0, 0.05) is 11.6 Å². The molecule has 0 aliphatic heterocycles. The van der Waals surface area contributed by atoms with Crippen molar-refractivity contribution in [2.45, 2.75) is 20.3 Å². The summed E-state index contributed by atoms with van der Waals surface area (Å²) in [6.07, 6.45) is 0.909. The molecule has 0 spiro atoms. The van der Waals surface area contributed by atoms with E-state index in [1.165, 1.54) is 12.1 Å². The normalized spacial score (nSPS) is 20.7. The van der Waals surface area contributed by atoms with E-state index in [1.54, 1.807) is 12.1 Å². The Labute approximate surface area is 99.6 Å². The summed E-state index contributed by atoms with van der Waals surface area (Å²) in [4.78, 5) is 22.4. The Bertz CT molecular complexity index is 462. The van der Waals surface area contributed by atoms with E-state index >= 15 is 0 Å². The fraction of sp³-hybridized carbons (Fsp3) is 0.385. The van der Waals surface area contributed by atoms with E-state index in [0.717, 1.165) is 6.42 Å². The highest BCUT2D eigenvalue weighted by atomic mass is 16.4. The smallest absolute Gasteiger partial charge is 0.335 e. The average Bonchev–Trinajstić information content (AvgIpc) is 2.89. The minimum Gasteiger partial charge on any atom is -0.478 e. The summed E-state index contributed by atoms with van der Waals surface area (Å²) in [6, 6.07) is 6.18. The maximum Gasteiger partial charge on any atom is 0.335 e. The molecule has 0 radical (unpaired) electrons. The number of carbonyl (C=O) groups is 2. The fourth-order valence-corrected chi connectivity index (χ4v) is 1.84. The van der Waals surface area contributed by atoms with Gasteiger partial charge in [-0.25, -0.2) is 4.79 Å². The summed E-state index contributed by atoms with van der Waals surface area (Å²) in [5.74, 6) is -0.883. The van der Waals surface area contributed by atoms with Gasteiger partial charge in [-0.3, -0.25) is 4.79 Å². The SMILES string of the molecule is CC1(C)CC1C(=O)Nc1ccc(C(=O)O)cc1. The lowest BCUT2D eigenvalue weighted by Crippen LogP contribution is -2.16. The van der Waals surface area contributed by atoms with Crippen LogP contribution in [-0.2, 0) is 4.79 Å². The summed E-state index contributed by atoms with van der Waals surface area (Å²) in [5.41, 5.74) is 0.961. The highest BCUT2D eigenvalue weighted by Gasteiger charge is 2.50. The minimum atomic E-state index is -0.966. The maximum atomic E-state index is 11.8. The van der Waals surface area contributed by atoms with Gasteiger partial charge in [0.05, 0.1) is 5.56 Å². The van der Waals surface area contributed by atoms with Gasteiger partial charge < -0.3 is 10.4 Å². The molecule has 1 fully saturated rings. The third kappa shape index (κ3) is 2.46. The Hall–Kier alpha value is -1.84. The zero-order valence-electron chi connectivity index (χ0n) is 9.86. The molecule has 1 aromatic carbocycles. The third-order valence-corrected chi connectivity index (χ3v) is 3.23. The van der Waals surface area contributed by atoms with Crippen LogP contribution >= 0.6 is 0 Å². The molecule has 1 amide bonds. The Kier molecular flexibility index (Phi) is 2.65. The Morgan fingerprint density at radius 1 is 1.29 bits per heavy atom. The molecule has 1 atom stereocenters. The Morgan fingerprint density at radius 3 is 2.24 bits per heavy atom. The van der Waals surface area contributed by atoms with Gasteiger partial charge in [-0.1, -0.05) is 13.8 Å². The number of carboxylic acid groups (broad SMARTS) is 1. The Morgan fingerprint density at radius 2 is 1.82 bits per heavy atom. The van der Waals surface area contributed by atoms with E-state index in [0.29, 0.717) is 5.69 Å². The van der Waals surface area contributed by atoms with Crippen molar-refractivity contribution in [3.8, 4) is 0 Å². The number of aromatic carboxylic acids is 1. The summed E-state index contributed by atoms with van der Waals surface area (Å²) < 4.78 is 0. The number of rotatable bonds is 3. The number of benzene rings is 1. The zero-order chi connectivity index (χ0) is 12.6. The quantitative estimate of drug-likeness (QED) is 0.842. The first-order valence-electron chi connectivity index (χ1n) is 5.54. The number of carbonyl (C=O) groups excluding carboxylic acids is 1. The summed E-state index contributed by atoms with van der Waals surface area (Å²) in [5, 5.41) is 11.5. The molecular weight excluding hydrogens is 218 g/mol. The van der Waals surface area contributed by atoms with Crippen molar-refractivity contribution in [1.29, 1.82) is 0 Å². The van der Waals surface area contributed by atoms with Crippen LogP contribution in [0.1, 0.15) is 30.6 Å².